The highest BCUT2D eigenvalue weighted by Gasteiger charge is 2.03. The van der Waals surface area contributed by atoms with Gasteiger partial charge in [-0.15, -0.1) is 11.3 Å². The number of halogens is 1. The van der Waals surface area contributed by atoms with E-state index in [-0.39, 0.29) is 6.54 Å². The Kier molecular flexibility index (Phi) is 4.11. The van der Waals surface area contributed by atoms with Crippen LogP contribution in [0.3, 0.4) is 0 Å². The third-order valence-corrected chi connectivity index (χ3v) is 3.51. The monoisotopic (exact) mass is 328 g/mol. The number of aliphatic carboxylic acids is 1. The quantitative estimate of drug-likeness (QED) is 0.781. The molecule has 3 N–H and O–H groups in total. The van der Waals surface area contributed by atoms with Crippen molar-refractivity contribution in [1.29, 1.82) is 0 Å². The van der Waals surface area contributed by atoms with Gasteiger partial charge in [0, 0.05) is 15.9 Å². The van der Waals surface area contributed by atoms with Crippen LogP contribution in [-0.4, -0.2) is 27.6 Å². The van der Waals surface area contributed by atoms with E-state index in [0.29, 0.717) is 11.6 Å². The van der Waals surface area contributed by atoms with E-state index in [9.17, 15) is 4.79 Å². The Morgan fingerprint density at radius 3 is 2.83 bits per heavy atom. The Labute approximate surface area is 115 Å². The molecule has 0 saturated heterocycles. The number of thiophene rings is 1. The first-order valence-corrected chi connectivity index (χ1v) is 6.59. The molecule has 0 fully saturated rings. The van der Waals surface area contributed by atoms with Crippen LogP contribution in [0, 0.1) is 0 Å². The van der Waals surface area contributed by atoms with Gasteiger partial charge >= 0.3 is 5.97 Å². The van der Waals surface area contributed by atoms with Crippen molar-refractivity contribution < 1.29 is 9.90 Å². The molecule has 0 aliphatic carbocycles. The van der Waals surface area contributed by atoms with E-state index in [1.54, 1.807) is 6.07 Å². The third-order valence-electron chi connectivity index (χ3n) is 1.91. The second kappa shape index (κ2) is 5.78. The highest BCUT2D eigenvalue weighted by Crippen LogP contribution is 2.27. The molecule has 18 heavy (non-hydrogen) atoms. The number of carboxylic acids is 1. The van der Waals surface area contributed by atoms with E-state index < -0.39 is 5.97 Å². The number of rotatable bonds is 5. The summed E-state index contributed by atoms with van der Waals surface area (Å²) in [4.78, 5) is 18.4. The number of carbonyl (C=O) groups is 1. The maximum absolute atomic E-state index is 10.4. The number of hydrogen-bond donors (Lipinski definition) is 3. The normalized spacial score (nSPS) is 10.1. The minimum atomic E-state index is -0.940. The topological polar surface area (TPSA) is 87.1 Å². The van der Waals surface area contributed by atoms with Gasteiger partial charge < -0.3 is 15.7 Å². The molecule has 0 amide bonds. The molecule has 94 valence electrons. The zero-order chi connectivity index (χ0) is 13.0. The van der Waals surface area contributed by atoms with E-state index in [4.69, 9.17) is 5.11 Å². The second-order valence-corrected chi connectivity index (χ2v) is 5.12. The van der Waals surface area contributed by atoms with E-state index in [1.807, 2.05) is 11.4 Å². The Balaban J connectivity index is 2.05. The molecule has 2 aromatic rings. The van der Waals surface area contributed by atoms with Crippen LogP contribution in [0.15, 0.2) is 28.3 Å². The van der Waals surface area contributed by atoms with E-state index in [0.717, 1.165) is 9.47 Å². The molecule has 0 aliphatic heterocycles. The first-order valence-electron chi connectivity index (χ1n) is 4.92. The number of hydrogen-bond acceptors (Lipinski definition) is 6. The van der Waals surface area contributed by atoms with Crippen molar-refractivity contribution in [2.75, 3.05) is 17.2 Å². The fourth-order valence-electron chi connectivity index (χ4n) is 1.19. The molecule has 0 aliphatic rings. The SMILES string of the molecule is O=C(O)CNc1cc(Nc2cc(Br)cs2)ncn1. The molecule has 0 unspecified atom stereocenters. The molecule has 6 nitrogen and oxygen atoms in total. The van der Waals surface area contributed by atoms with Crippen molar-refractivity contribution in [1.82, 2.24) is 9.97 Å². The van der Waals surface area contributed by atoms with Crippen LogP contribution < -0.4 is 10.6 Å². The standard InChI is InChI=1S/C10H9BrN4O2S/c11-6-1-9(18-4-6)15-8-2-7(13-5-14-8)12-3-10(16)17/h1-2,4-5H,3H2,(H,16,17)(H2,12,13,14,15). The predicted octanol–water partition coefficient (Wildman–Crippen LogP) is 2.54. The lowest BCUT2D eigenvalue weighted by Gasteiger charge is -2.05. The molecular formula is C10H9BrN4O2S. The minimum Gasteiger partial charge on any atom is -0.480 e. The van der Waals surface area contributed by atoms with Gasteiger partial charge in [-0.1, -0.05) is 0 Å². The molecular weight excluding hydrogens is 320 g/mol. The summed E-state index contributed by atoms with van der Waals surface area (Å²) < 4.78 is 0.994. The van der Waals surface area contributed by atoms with Gasteiger partial charge in [-0.05, 0) is 22.0 Å². The van der Waals surface area contributed by atoms with Crippen molar-refractivity contribution in [3.8, 4) is 0 Å². The van der Waals surface area contributed by atoms with Crippen LogP contribution in [0.5, 0.6) is 0 Å². The number of aromatic nitrogens is 2. The minimum absolute atomic E-state index is 0.180. The number of anilines is 3. The van der Waals surface area contributed by atoms with Gasteiger partial charge in [0.2, 0.25) is 0 Å². The first kappa shape index (κ1) is 12.8. The molecule has 2 rings (SSSR count). The fourth-order valence-corrected chi connectivity index (χ4v) is 2.52. The summed E-state index contributed by atoms with van der Waals surface area (Å²) in [5, 5.41) is 17.2. The summed E-state index contributed by atoms with van der Waals surface area (Å²) in [6, 6.07) is 3.58. The predicted molar refractivity (Wildman–Crippen MR) is 73.5 cm³/mol. The summed E-state index contributed by atoms with van der Waals surface area (Å²) in [6.07, 6.45) is 1.37. The smallest absolute Gasteiger partial charge is 0.322 e. The average molecular weight is 329 g/mol. The van der Waals surface area contributed by atoms with Gasteiger partial charge in [0.1, 0.15) is 24.5 Å². The van der Waals surface area contributed by atoms with Crippen LogP contribution in [0.1, 0.15) is 0 Å². The van der Waals surface area contributed by atoms with Crippen molar-refractivity contribution in [3.63, 3.8) is 0 Å². The van der Waals surface area contributed by atoms with Gasteiger partial charge in [0.05, 0.1) is 5.00 Å². The summed E-state index contributed by atoms with van der Waals surface area (Å²) in [6.45, 7) is -0.180. The van der Waals surface area contributed by atoms with Crippen LogP contribution in [0.4, 0.5) is 16.6 Å². The maximum Gasteiger partial charge on any atom is 0.322 e. The molecule has 0 saturated carbocycles. The molecule has 0 atom stereocenters. The van der Waals surface area contributed by atoms with Gasteiger partial charge in [0.15, 0.2) is 0 Å². The molecule has 8 heteroatoms. The lowest BCUT2D eigenvalue weighted by Crippen LogP contribution is -2.13. The molecule has 0 radical (unpaired) electrons. The summed E-state index contributed by atoms with van der Waals surface area (Å²) in [7, 11) is 0. The highest BCUT2D eigenvalue weighted by atomic mass is 79.9. The van der Waals surface area contributed by atoms with Gasteiger partial charge in [-0.2, -0.15) is 0 Å². The Hall–Kier alpha value is -1.67. The zero-order valence-electron chi connectivity index (χ0n) is 9.05. The summed E-state index contributed by atoms with van der Waals surface area (Å²) in [5.74, 6) is 0.128. The van der Waals surface area contributed by atoms with Crippen LogP contribution in [-0.2, 0) is 4.79 Å². The van der Waals surface area contributed by atoms with Crippen molar-refractivity contribution in [2.45, 2.75) is 0 Å². The molecule has 0 aromatic carbocycles. The number of carboxylic acid groups (broad SMARTS) is 1. The Morgan fingerprint density at radius 1 is 1.39 bits per heavy atom. The average Bonchev–Trinajstić information content (AvgIpc) is 2.73. The van der Waals surface area contributed by atoms with E-state index >= 15 is 0 Å². The highest BCUT2D eigenvalue weighted by molar-refractivity contribution is 9.10. The molecule has 0 spiro atoms. The number of nitrogens with one attached hydrogen (secondary N) is 2. The summed E-state index contributed by atoms with van der Waals surface area (Å²) in [5.41, 5.74) is 0. The maximum atomic E-state index is 10.4. The Morgan fingerprint density at radius 2 is 2.17 bits per heavy atom. The van der Waals surface area contributed by atoms with Crippen LogP contribution >= 0.6 is 27.3 Å². The molecule has 2 heterocycles. The largest absolute Gasteiger partial charge is 0.480 e. The molecule has 2 aromatic heterocycles. The van der Waals surface area contributed by atoms with Gasteiger partial charge in [-0.3, -0.25) is 4.79 Å². The third kappa shape index (κ3) is 3.67. The lowest BCUT2D eigenvalue weighted by molar-refractivity contribution is -0.134. The van der Waals surface area contributed by atoms with Crippen molar-refractivity contribution >= 4 is 49.9 Å². The van der Waals surface area contributed by atoms with Crippen molar-refractivity contribution in [2.24, 2.45) is 0 Å². The number of nitrogens with zero attached hydrogens (tertiary/aromatic N) is 2. The van der Waals surface area contributed by atoms with Crippen molar-refractivity contribution in [3.05, 3.63) is 28.3 Å². The van der Waals surface area contributed by atoms with Gasteiger partial charge in [0.25, 0.3) is 0 Å². The van der Waals surface area contributed by atoms with Crippen LogP contribution in [0.25, 0.3) is 0 Å². The van der Waals surface area contributed by atoms with E-state index in [1.165, 1.54) is 17.7 Å². The fraction of sp³-hybridized carbons (Fsp3) is 0.100. The second-order valence-electron chi connectivity index (χ2n) is 3.29. The summed E-state index contributed by atoms with van der Waals surface area (Å²) >= 11 is 4.90. The molecule has 0 bridgehead atoms. The zero-order valence-corrected chi connectivity index (χ0v) is 11.5. The van der Waals surface area contributed by atoms with Gasteiger partial charge in [-0.25, -0.2) is 9.97 Å². The lowest BCUT2D eigenvalue weighted by atomic mass is 10.5. The van der Waals surface area contributed by atoms with Crippen LogP contribution in [0.2, 0.25) is 0 Å². The Bertz CT molecular complexity index is 560. The first-order chi connectivity index (χ1) is 8.63. The van der Waals surface area contributed by atoms with E-state index in [2.05, 4.69) is 36.5 Å².